The average Bonchev–Trinajstić information content (AvgIpc) is 2.86. The van der Waals surface area contributed by atoms with Gasteiger partial charge in [0.25, 0.3) is 0 Å². The number of aromatic hydroxyl groups is 2. The Morgan fingerprint density at radius 1 is 0.825 bits per heavy atom. The second-order valence-corrected chi connectivity index (χ2v) is 12.0. The van der Waals surface area contributed by atoms with Crippen molar-refractivity contribution >= 4 is 18.0 Å². The average molecular weight is 555 g/mol. The fourth-order valence-electron chi connectivity index (χ4n) is 5.27. The lowest BCUT2D eigenvalue weighted by Gasteiger charge is -2.36. The Hall–Kier alpha value is -3.68. The van der Waals surface area contributed by atoms with Crippen LogP contribution in [0, 0.1) is 5.92 Å². The molecule has 2 N–H and O–H groups in total. The molecule has 0 unspecified atom stereocenters. The van der Waals surface area contributed by atoms with Gasteiger partial charge in [-0.05, 0) is 47.9 Å². The van der Waals surface area contributed by atoms with Crippen LogP contribution in [-0.2, 0) is 29.9 Å². The number of fused-ring (bicyclic) bond motifs is 1. The van der Waals surface area contributed by atoms with E-state index in [0.717, 1.165) is 0 Å². The van der Waals surface area contributed by atoms with Crippen LogP contribution in [0.25, 0.3) is 6.08 Å². The molecular formula is C32H42O8. The molecule has 40 heavy (non-hydrogen) atoms. The SMILES string of the molecule is CCOC(=O)C1=Cc2c(cc(C(C)(C)C)c(O)c2OC)[C@H](c2cc(OC)c(O)c(C(C)(C)C)c2)[C@H]1C(=O)OCC. The summed E-state index contributed by atoms with van der Waals surface area (Å²) < 4.78 is 22.2. The van der Waals surface area contributed by atoms with Crippen LogP contribution in [0.1, 0.15) is 89.1 Å². The lowest BCUT2D eigenvalue weighted by Crippen LogP contribution is -2.34. The molecular weight excluding hydrogens is 512 g/mol. The zero-order valence-corrected chi connectivity index (χ0v) is 25.2. The maximum absolute atomic E-state index is 13.7. The number of ether oxygens (including phenoxy) is 4. The Kier molecular flexibility index (Phi) is 8.82. The van der Waals surface area contributed by atoms with E-state index in [1.54, 1.807) is 26.0 Å². The van der Waals surface area contributed by atoms with Crippen LogP contribution in [-0.4, -0.2) is 49.6 Å². The van der Waals surface area contributed by atoms with Crippen molar-refractivity contribution in [2.75, 3.05) is 27.4 Å². The van der Waals surface area contributed by atoms with Crippen molar-refractivity contribution in [2.45, 2.75) is 72.1 Å². The predicted octanol–water partition coefficient (Wildman–Crippen LogP) is 5.98. The summed E-state index contributed by atoms with van der Waals surface area (Å²) in [6, 6.07) is 5.37. The predicted molar refractivity (Wildman–Crippen MR) is 153 cm³/mol. The van der Waals surface area contributed by atoms with Crippen LogP contribution in [0.2, 0.25) is 0 Å². The molecule has 0 aromatic heterocycles. The first-order valence-electron chi connectivity index (χ1n) is 13.5. The Bertz CT molecular complexity index is 1320. The highest BCUT2D eigenvalue weighted by Crippen LogP contribution is 2.53. The molecule has 0 bridgehead atoms. The van der Waals surface area contributed by atoms with Crippen molar-refractivity contribution in [3.8, 4) is 23.0 Å². The number of carbonyl (C=O) groups excluding carboxylic acids is 2. The minimum absolute atomic E-state index is 0.00212. The minimum atomic E-state index is -1.07. The van der Waals surface area contributed by atoms with Gasteiger partial charge in [0, 0.05) is 22.6 Å². The largest absolute Gasteiger partial charge is 0.504 e. The summed E-state index contributed by atoms with van der Waals surface area (Å²) in [6.07, 6.45) is 1.55. The Morgan fingerprint density at radius 2 is 1.40 bits per heavy atom. The third-order valence-electron chi connectivity index (χ3n) is 7.18. The van der Waals surface area contributed by atoms with Crippen molar-refractivity contribution in [3.63, 3.8) is 0 Å². The molecule has 0 saturated carbocycles. The fourth-order valence-corrected chi connectivity index (χ4v) is 5.27. The van der Waals surface area contributed by atoms with Crippen molar-refractivity contribution in [1.29, 1.82) is 0 Å². The zero-order chi connectivity index (χ0) is 30.2. The zero-order valence-electron chi connectivity index (χ0n) is 25.2. The molecule has 0 fully saturated rings. The van der Waals surface area contributed by atoms with Gasteiger partial charge in [0.1, 0.15) is 0 Å². The van der Waals surface area contributed by atoms with Gasteiger partial charge in [0.15, 0.2) is 23.0 Å². The summed E-state index contributed by atoms with van der Waals surface area (Å²) >= 11 is 0. The molecule has 0 amide bonds. The van der Waals surface area contributed by atoms with Crippen LogP contribution < -0.4 is 9.47 Å². The summed E-state index contributed by atoms with van der Waals surface area (Å²) in [5.74, 6) is -2.70. The molecule has 0 radical (unpaired) electrons. The number of carbonyl (C=O) groups is 2. The van der Waals surface area contributed by atoms with Crippen LogP contribution in [0.5, 0.6) is 23.0 Å². The van der Waals surface area contributed by atoms with Gasteiger partial charge in [-0.15, -0.1) is 0 Å². The first-order chi connectivity index (χ1) is 18.6. The molecule has 0 spiro atoms. The molecule has 2 aromatic carbocycles. The summed E-state index contributed by atoms with van der Waals surface area (Å²) in [5, 5.41) is 22.3. The topological polar surface area (TPSA) is 112 Å². The second-order valence-electron chi connectivity index (χ2n) is 12.0. The van der Waals surface area contributed by atoms with Gasteiger partial charge >= 0.3 is 11.9 Å². The molecule has 8 nitrogen and oxygen atoms in total. The van der Waals surface area contributed by atoms with E-state index in [4.69, 9.17) is 18.9 Å². The number of phenols is 2. The van der Waals surface area contributed by atoms with E-state index >= 15 is 0 Å². The molecule has 0 aliphatic heterocycles. The number of phenolic OH excluding ortho intramolecular Hbond substituents is 2. The number of hydrogen-bond donors (Lipinski definition) is 2. The van der Waals surface area contributed by atoms with Crippen molar-refractivity contribution in [3.05, 3.63) is 51.6 Å². The van der Waals surface area contributed by atoms with Gasteiger partial charge < -0.3 is 29.2 Å². The summed E-state index contributed by atoms with van der Waals surface area (Å²) in [7, 11) is 2.92. The van der Waals surface area contributed by atoms with E-state index < -0.39 is 34.6 Å². The molecule has 8 heteroatoms. The highest BCUT2D eigenvalue weighted by molar-refractivity contribution is 6.02. The number of hydrogen-bond acceptors (Lipinski definition) is 8. The van der Waals surface area contributed by atoms with Gasteiger partial charge in [-0.25, -0.2) is 4.79 Å². The number of rotatable bonds is 7. The van der Waals surface area contributed by atoms with Crippen molar-refractivity contribution < 1.29 is 38.7 Å². The first-order valence-corrected chi connectivity index (χ1v) is 13.5. The monoisotopic (exact) mass is 554 g/mol. The van der Waals surface area contributed by atoms with E-state index in [2.05, 4.69) is 0 Å². The lowest BCUT2D eigenvalue weighted by atomic mass is 9.68. The van der Waals surface area contributed by atoms with Gasteiger partial charge in [-0.2, -0.15) is 0 Å². The van der Waals surface area contributed by atoms with Crippen LogP contribution in [0.4, 0.5) is 0 Å². The highest BCUT2D eigenvalue weighted by Gasteiger charge is 2.45. The van der Waals surface area contributed by atoms with E-state index in [9.17, 15) is 19.8 Å². The quantitative estimate of drug-likeness (QED) is 0.402. The van der Waals surface area contributed by atoms with E-state index in [0.29, 0.717) is 27.8 Å². The normalized spacial score (nSPS) is 17.0. The maximum Gasteiger partial charge on any atom is 0.334 e. The smallest absolute Gasteiger partial charge is 0.334 e. The van der Waals surface area contributed by atoms with E-state index in [1.165, 1.54) is 14.2 Å². The van der Waals surface area contributed by atoms with Gasteiger partial charge in [-0.1, -0.05) is 53.7 Å². The second kappa shape index (κ2) is 11.4. The molecule has 0 saturated heterocycles. The molecule has 218 valence electrons. The molecule has 1 aliphatic rings. The van der Waals surface area contributed by atoms with Crippen LogP contribution >= 0.6 is 0 Å². The summed E-state index contributed by atoms with van der Waals surface area (Å²) in [6.45, 7) is 15.4. The van der Waals surface area contributed by atoms with Crippen LogP contribution in [0.3, 0.4) is 0 Å². The standard InChI is InChI=1S/C32H42O8/c1-11-39-29(35)20-15-19-18(16-22(32(6,7)8)27(34)28(19)38-10)24(25(20)30(36)40-12-2)17-13-21(31(3,4)5)26(33)23(14-17)37-9/h13-16,24-25,33-34H,11-12H2,1-10H3/t24-,25-/m0/s1. The summed E-state index contributed by atoms with van der Waals surface area (Å²) in [4.78, 5) is 27.0. The highest BCUT2D eigenvalue weighted by atomic mass is 16.5. The van der Waals surface area contributed by atoms with Gasteiger partial charge in [0.2, 0.25) is 0 Å². The van der Waals surface area contributed by atoms with Gasteiger partial charge in [-0.3, -0.25) is 4.79 Å². The third-order valence-corrected chi connectivity index (χ3v) is 7.18. The molecule has 1 aliphatic carbocycles. The van der Waals surface area contributed by atoms with Crippen molar-refractivity contribution in [1.82, 2.24) is 0 Å². The van der Waals surface area contributed by atoms with Crippen molar-refractivity contribution in [2.24, 2.45) is 5.92 Å². The summed E-state index contributed by atoms with van der Waals surface area (Å²) in [5.41, 5.74) is 2.11. The molecule has 3 rings (SSSR count). The Balaban J connectivity index is 2.56. The lowest BCUT2D eigenvalue weighted by molar-refractivity contribution is -0.150. The molecule has 2 aromatic rings. The van der Waals surface area contributed by atoms with Gasteiger partial charge in [0.05, 0.1) is 38.9 Å². The first kappa shape index (κ1) is 30.9. The Morgan fingerprint density at radius 3 is 1.90 bits per heavy atom. The van der Waals surface area contributed by atoms with E-state index in [-0.39, 0.29) is 41.8 Å². The Labute approximate surface area is 236 Å². The third kappa shape index (κ3) is 5.62. The number of benzene rings is 2. The fraction of sp³-hybridized carbons (Fsp3) is 0.500. The van der Waals surface area contributed by atoms with Crippen LogP contribution in [0.15, 0.2) is 23.8 Å². The molecule has 2 atom stereocenters. The molecule has 0 heterocycles. The maximum atomic E-state index is 13.7. The van der Waals surface area contributed by atoms with E-state index in [1.807, 2.05) is 53.7 Å². The minimum Gasteiger partial charge on any atom is -0.504 e. The number of esters is 2. The number of methoxy groups -OCH3 is 2.